The molecule has 0 amide bonds. The average molecular weight is 289 g/mol. The third-order valence-electron chi connectivity index (χ3n) is 4.10. The highest BCUT2D eigenvalue weighted by atomic mass is 32.2. The molecule has 2 aliphatic rings. The van der Waals surface area contributed by atoms with Crippen molar-refractivity contribution in [1.29, 1.82) is 0 Å². The second-order valence-electron chi connectivity index (χ2n) is 5.72. The van der Waals surface area contributed by atoms with Crippen LogP contribution in [0.25, 0.3) is 0 Å². The van der Waals surface area contributed by atoms with Crippen LogP contribution >= 0.6 is 0 Å². The summed E-state index contributed by atoms with van der Waals surface area (Å²) in [5.41, 5.74) is 0. The number of hydrogen-bond acceptors (Lipinski definition) is 3. The normalized spacial score (nSPS) is 25.9. The van der Waals surface area contributed by atoms with Gasteiger partial charge in [0.15, 0.2) is 0 Å². The monoisotopic (exact) mass is 289 g/mol. The van der Waals surface area contributed by atoms with Crippen molar-refractivity contribution >= 4 is 10.2 Å². The molecule has 0 aromatic carbocycles. The molecule has 1 heterocycles. The molecule has 0 bridgehead atoms. The Hall–Kier alpha value is -0.170. The molecule has 112 valence electrons. The summed E-state index contributed by atoms with van der Waals surface area (Å²) in [4.78, 5) is 0. The number of nitrogens with zero attached hydrogens (tertiary/aromatic N) is 2. The summed E-state index contributed by atoms with van der Waals surface area (Å²) in [5, 5.41) is 3.37. The summed E-state index contributed by atoms with van der Waals surface area (Å²) < 4.78 is 28.6. The van der Waals surface area contributed by atoms with Crippen molar-refractivity contribution < 1.29 is 8.42 Å². The van der Waals surface area contributed by atoms with Crippen molar-refractivity contribution in [2.24, 2.45) is 0 Å². The van der Waals surface area contributed by atoms with E-state index < -0.39 is 10.2 Å². The van der Waals surface area contributed by atoms with Crippen LogP contribution in [0.15, 0.2) is 0 Å². The van der Waals surface area contributed by atoms with Gasteiger partial charge in [0.25, 0.3) is 10.2 Å². The van der Waals surface area contributed by atoms with Gasteiger partial charge in [0.1, 0.15) is 0 Å². The van der Waals surface area contributed by atoms with Gasteiger partial charge in [0.2, 0.25) is 0 Å². The fraction of sp³-hybridized carbons (Fsp3) is 1.00. The standard InChI is InChI=1S/C13H27N3O2S/c1-3-9-14-11-13-6-4-5-10-16(13)19(17,18)15(2)12-7-8-12/h12-14H,3-11H2,1-2H3. The highest BCUT2D eigenvalue weighted by Gasteiger charge is 2.40. The van der Waals surface area contributed by atoms with Gasteiger partial charge < -0.3 is 5.32 Å². The molecule has 1 aliphatic carbocycles. The molecule has 1 unspecified atom stereocenters. The molecular weight excluding hydrogens is 262 g/mol. The molecule has 0 radical (unpaired) electrons. The Balaban J connectivity index is 2.01. The molecule has 1 aliphatic heterocycles. The molecule has 1 saturated carbocycles. The van der Waals surface area contributed by atoms with Gasteiger partial charge in [-0.3, -0.25) is 0 Å². The zero-order valence-corrected chi connectivity index (χ0v) is 13.0. The maximum absolute atomic E-state index is 12.6. The SMILES string of the molecule is CCCNCC1CCCCN1S(=O)(=O)N(C)C1CC1. The van der Waals surface area contributed by atoms with Crippen molar-refractivity contribution in [3.8, 4) is 0 Å². The van der Waals surface area contributed by atoms with E-state index in [0.29, 0.717) is 6.54 Å². The quantitative estimate of drug-likeness (QED) is 0.716. The van der Waals surface area contributed by atoms with Crippen LogP contribution in [0, 0.1) is 0 Å². The van der Waals surface area contributed by atoms with Crippen molar-refractivity contribution in [3.05, 3.63) is 0 Å². The molecule has 0 aromatic heterocycles. The van der Waals surface area contributed by atoms with Crippen LogP contribution in [0.1, 0.15) is 45.4 Å². The summed E-state index contributed by atoms with van der Waals surface area (Å²) >= 11 is 0. The minimum absolute atomic E-state index is 0.131. The molecule has 6 heteroatoms. The Bertz CT molecular complexity index is 381. The molecule has 19 heavy (non-hydrogen) atoms. The third kappa shape index (κ3) is 3.68. The fourth-order valence-electron chi connectivity index (χ4n) is 2.72. The maximum Gasteiger partial charge on any atom is 0.282 e. The lowest BCUT2D eigenvalue weighted by molar-refractivity contribution is 0.230. The maximum atomic E-state index is 12.6. The summed E-state index contributed by atoms with van der Waals surface area (Å²) in [6.45, 7) is 4.55. The molecule has 2 rings (SSSR count). The lowest BCUT2D eigenvalue weighted by atomic mass is 10.1. The van der Waals surface area contributed by atoms with E-state index >= 15 is 0 Å². The molecule has 5 nitrogen and oxygen atoms in total. The zero-order valence-electron chi connectivity index (χ0n) is 12.1. The molecule has 2 fully saturated rings. The number of hydrogen-bond donors (Lipinski definition) is 1. The lowest BCUT2D eigenvalue weighted by Crippen LogP contribution is -2.53. The van der Waals surface area contributed by atoms with Crippen molar-refractivity contribution in [3.63, 3.8) is 0 Å². The van der Waals surface area contributed by atoms with Gasteiger partial charge >= 0.3 is 0 Å². The molecule has 0 spiro atoms. The number of piperidine rings is 1. The van der Waals surface area contributed by atoms with Crippen LogP contribution in [0.2, 0.25) is 0 Å². The van der Waals surface area contributed by atoms with Crippen LogP contribution < -0.4 is 5.32 Å². The van der Waals surface area contributed by atoms with E-state index in [0.717, 1.165) is 51.6 Å². The highest BCUT2D eigenvalue weighted by molar-refractivity contribution is 7.86. The minimum atomic E-state index is -3.26. The second kappa shape index (κ2) is 6.52. The van der Waals surface area contributed by atoms with Gasteiger partial charge in [-0.05, 0) is 38.6 Å². The Kier molecular flexibility index (Phi) is 5.22. The molecule has 1 saturated heterocycles. The minimum Gasteiger partial charge on any atom is -0.315 e. The number of nitrogens with one attached hydrogen (secondary N) is 1. The second-order valence-corrected chi connectivity index (χ2v) is 7.66. The van der Waals surface area contributed by atoms with E-state index in [2.05, 4.69) is 12.2 Å². The van der Waals surface area contributed by atoms with Crippen LogP contribution in [0.3, 0.4) is 0 Å². The van der Waals surface area contributed by atoms with Crippen LogP contribution in [-0.2, 0) is 10.2 Å². The van der Waals surface area contributed by atoms with E-state index in [4.69, 9.17) is 0 Å². The summed E-state index contributed by atoms with van der Waals surface area (Å²) in [7, 11) is -1.52. The van der Waals surface area contributed by atoms with E-state index in [1.54, 1.807) is 15.7 Å². The Morgan fingerprint density at radius 2 is 2.00 bits per heavy atom. The first-order valence-electron chi connectivity index (χ1n) is 7.53. The summed E-state index contributed by atoms with van der Waals surface area (Å²) in [6.07, 6.45) is 6.22. The lowest BCUT2D eigenvalue weighted by Gasteiger charge is -2.37. The van der Waals surface area contributed by atoms with Crippen LogP contribution in [0.4, 0.5) is 0 Å². The van der Waals surface area contributed by atoms with Gasteiger partial charge in [-0.1, -0.05) is 13.3 Å². The van der Waals surface area contributed by atoms with Crippen LogP contribution in [-0.4, -0.2) is 55.8 Å². The first-order chi connectivity index (χ1) is 9.07. The first kappa shape index (κ1) is 15.2. The molecule has 1 N–H and O–H groups in total. The van der Waals surface area contributed by atoms with Gasteiger partial charge in [0, 0.05) is 32.2 Å². The molecule has 1 atom stereocenters. The van der Waals surface area contributed by atoms with E-state index in [1.165, 1.54) is 0 Å². The van der Waals surface area contributed by atoms with E-state index in [-0.39, 0.29) is 12.1 Å². The van der Waals surface area contributed by atoms with Crippen molar-refractivity contribution in [2.45, 2.75) is 57.5 Å². The first-order valence-corrected chi connectivity index (χ1v) is 8.92. The molecular formula is C13H27N3O2S. The van der Waals surface area contributed by atoms with E-state index in [9.17, 15) is 8.42 Å². The van der Waals surface area contributed by atoms with Gasteiger partial charge in [0.05, 0.1) is 0 Å². The summed E-state index contributed by atoms with van der Waals surface area (Å²) in [6, 6.07) is 0.377. The Morgan fingerprint density at radius 3 is 2.63 bits per heavy atom. The van der Waals surface area contributed by atoms with E-state index in [1.807, 2.05) is 0 Å². The largest absolute Gasteiger partial charge is 0.315 e. The van der Waals surface area contributed by atoms with Crippen LogP contribution in [0.5, 0.6) is 0 Å². The zero-order chi connectivity index (χ0) is 13.9. The van der Waals surface area contributed by atoms with Crippen molar-refractivity contribution in [2.75, 3.05) is 26.7 Å². The highest BCUT2D eigenvalue weighted by Crippen LogP contribution is 2.31. The summed E-state index contributed by atoms with van der Waals surface area (Å²) in [5.74, 6) is 0. The predicted octanol–water partition coefficient (Wildman–Crippen LogP) is 1.18. The van der Waals surface area contributed by atoms with Gasteiger partial charge in [-0.25, -0.2) is 0 Å². The number of rotatable bonds is 7. The fourth-order valence-corrected chi connectivity index (χ4v) is 4.55. The Morgan fingerprint density at radius 1 is 1.26 bits per heavy atom. The topological polar surface area (TPSA) is 52.7 Å². The third-order valence-corrected chi connectivity index (χ3v) is 6.20. The van der Waals surface area contributed by atoms with Gasteiger partial charge in [-0.2, -0.15) is 17.0 Å². The average Bonchev–Trinajstić information content (AvgIpc) is 3.23. The van der Waals surface area contributed by atoms with Crippen molar-refractivity contribution in [1.82, 2.24) is 13.9 Å². The Labute approximate surface area is 117 Å². The van der Waals surface area contributed by atoms with Gasteiger partial charge in [-0.15, -0.1) is 0 Å². The predicted molar refractivity (Wildman–Crippen MR) is 77.2 cm³/mol. The molecule has 0 aromatic rings. The smallest absolute Gasteiger partial charge is 0.282 e.